The number of ether oxygens (including phenoxy) is 1. The summed E-state index contributed by atoms with van der Waals surface area (Å²) in [4.78, 5) is 16.6. The molecule has 180 valence electrons. The SMILES string of the molecule is CCNC(=O)N(CC)C1CCN(Cc2ccc(Oc3ccc(NS(C)(=O)=O)cc3)cc2)CC1. The molecule has 0 saturated carbocycles. The maximum atomic E-state index is 12.2. The molecule has 2 aromatic rings. The number of sulfonamides is 1. The summed E-state index contributed by atoms with van der Waals surface area (Å²) in [6.07, 6.45) is 3.08. The zero-order chi connectivity index (χ0) is 23.8. The Hall–Kier alpha value is -2.78. The second kappa shape index (κ2) is 11.4. The number of likely N-dealkylation sites (tertiary alicyclic amines) is 1. The van der Waals surface area contributed by atoms with Gasteiger partial charge in [0.2, 0.25) is 10.0 Å². The van der Waals surface area contributed by atoms with Gasteiger partial charge in [0.1, 0.15) is 11.5 Å². The van der Waals surface area contributed by atoms with E-state index >= 15 is 0 Å². The van der Waals surface area contributed by atoms with Crippen molar-refractivity contribution in [1.29, 1.82) is 0 Å². The van der Waals surface area contributed by atoms with Crippen LogP contribution in [0.15, 0.2) is 48.5 Å². The zero-order valence-electron chi connectivity index (χ0n) is 19.6. The molecule has 0 aliphatic carbocycles. The first-order chi connectivity index (χ1) is 15.8. The molecule has 0 spiro atoms. The van der Waals surface area contributed by atoms with Gasteiger partial charge in [-0.2, -0.15) is 0 Å². The normalized spacial score (nSPS) is 15.1. The van der Waals surface area contributed by atoms with E-state index in [0.717, 1.165) is 51.0 Å². The third-order valence-corrected chi connectivity index (χ3v) is 6.26. The Bertz CT molecular complexity index is 1000. The fourth-order valence-corrected chi connectivity index (χ4v) is 4.64. The van der Waals surface area contributed by atoms with Crippen molar-refractivity contribution < 1.29 is 17.9 Å². The van der Waals surface area contributed by atoms with Gasteiger partial charge < -0.3 is 15.0 Å². The molecule has 1 saturated heterocycles. The van der Waals surface area contributed by atoms with Crippen LogP contribution < -0.4 is 14.8 Å². The molecule has 1 heterocycles. The predicted octanol–water partition coefficient (Wildman–Crippen LogP) is 3.87. The number of rotatable bonds is 9. The summed E-state index contributed by atoms with van der Waals surface area (Å²) in [5, 5.41) is 2.91. The highest BCUT2D eigenvalue weighted by molar-refractivity contribution is 7.92. The van der Waals surface area contributed by atoms with Gasteiger partial charge in [0.05, 0.1) is 6.26 Å². The standard InChI is InChI=1S/C24H34N4O4S/c1-4-25-24(29)28(5-2)21-14-16-27(17-15-21)18-19-6-10-22(11-7-19)32-23-12-8-20(9-13-23)26-33(3,30)31/h6-13,21,26H,4-5,14-18H2,1-3H3,(H,25,29). The summed E-state index contributed by atoms with van der Waals surface area (Å²) in [6, 6.07) is 15.1. The number of carbonyl (C=O) groups is 1. The van der Waals surface area contributed by atoms with Crippen molar-refractivity contribution in [2.24, 2.45) is 0 Å². The van der Waals surface area contributed by atoms with Crippen LogP contribution in [-0.4, -0.2) is 62.7 Å². The number of benzene rings is 2. The van der Waals surface area contributed by atoms with E-state index < -0.39 is 10.0 Å². The fraction of sp³-hybridized carbons (Fsp3) is 0.458. The van der Waals surface area contributed by atoms with Crippen LogP contribution in [0.5, 0.6) is 11.5 Å². The predicted molar refractivity (Wildman–Crippen MR) is 131 cm³/mol. The average Bonchev–Trinajstić information content (AvgIpc) is 2.77. The van der Waals surface area contributed by atoms with Crippen molar-refractivity contribution >= 4 is 21.7 Å². The Balaban J connectivity index is 1.49. The summed E-state index contributed by atoms with van der Waals surface area (Å²) in [5.41, 5.74) is 1.71. The third-order valence-electron chi connectivity index (χ3n) is 5.65. The Labute approximate surface area is 197 Å². The van der Waals surface area contributed by atoms with Crippen molar-refractivity contribution in [2.45, 2.75) is 39.3 Å². The topological polar surface area (TPSA) is 91.0 Å². The maximum absolute atomic E-state index is 12.2. The van der Waals surface area contributed by atoms with Crippen LogP contribution in [-0.2, 0) is 16.6 Å². The van der Waals surface area contributed by atoms with Crippen molar-refractivity contribution in [3.63, 3.8) is 0 Å². The van der Waals surface area contributed by atoms with E-state index in [4.69, 9.17) is 4.74 Å². The lowest BCUT2D eigenvalue weighted by Crippen LogP contribution is -2.50. The number of hydrogen-bond acceptors (Lipinski definition) is 5. The lowest BCUT2D eigenvalue weighted by Gasteiger charge is -2.38. The van der Waals surface area contributed by atoms with E-state index in [9.17, 15) is 13.2 Å². The van der Waals surface area contributed by atoms with Gasteiger partial charge in [0, 0.05) is 44.5 Å². The Morgan fingerprint density at radius 2 is 1.61 bits per heavy atom. The molecule has 9 heteroatoms. The minimum atomic E-state index is -3.30. The molecule has 3 rings (SSSR count). The summed E-state index contributed by atoms with van der Waals surface area (Å²) in [6.45, 7) is 8.16. The summed E-state index contributed by atoms with van der Waals surface area (Å²) < 4.78 is 30.9. The van der Waals surface area contributed by atoms with Gasteiger partial charge in [-0.1, -0.05) is 12.1 Å². The molecule has 2 aromatic carbocycles. The molecule has 8 nitrogen and oxygen atoms in total. The van der Waals surface area contributed by atoms with Gasteiger partial charge in [-0.15, -0.1) is 0 Å². The number of anilines is 1. The average molecular weight is 475 g/mol. The molecule has 2 N–H and O–H groups in total. The molecule has 2 amide bonds. The molecule has 1 fully saturated rings. The number of piperidine rings is 1. The van der Waals surface area contributed by atoms with Crippen LogP contribution in [0.1, 0.15) is 32.3 Å². The highest BCUT2D eigenvalue weighted by Gasteiger charge is 2.26. The number of carbonyl (C=O) groups excluding carboxylic acids is 1. The first kappa shape index (κ1) is 24.9. The largest absolute Gasteiger partial charge is 0.457 e. The summed E-state index contributed by atoms with van der Waals surface area (Å²) in [7, 11) is -3.30. The van der Waals surface area contributed by atoms with E-state index in [1.165, 1.54) is 5.56 Å². The molecule has 1 aliphatic heterocycles. The molecule has 0 aromatic heterocycles. The molecule has 33 heavy (non-hydrogen) atoms. The zero-order valence-corrected chi connectivity index (χ0v) is 20.4. The number of amides is 2. The van der Waals surface area contributed by atoms with Crippen molar-refractivity contribution in [3.05, 3.63) is 54.1 Å². The van der Waals surface area contributed by atoms with Gasteiger partial charge in [0.25, 0.3) is 0 Å². The highest BCUT2D eigenvalue weighted by Crippen LogP contribution is 2.25. The first-order valence-corrected chi connectivity index (χ1v) is 13.3. The van der Waals surface area contributed by atoms with Gasteiger partial charge in [-0.05, 0) is 68.7 Å². The Morgan fingerprint density at radius 1 is 1.03 bits per heavy atom. The quantitative estimate of drug-likeness (QED) is 0.576. The van der Waals surface area contributed by atoms with Crippen molar-refractivity contribution in [2.75, 3.05) is 37.2 Å². The molecule has 1 aliphatic rings. The number of nitrogens with zero attached hydrogens (tertiary/aromatic N) is 2. The minimum absolute atomic E-state index is 0.0374. The molecule has 0 bridgehead atoms. The first-order valence-electron chi connectivity index (χ1n) is 11.4. The van der Waals surface area contributed by atoms with Crippen molar-refractivity contribution in [1.82, 2.24) is 15.1 Å². The van der Waals surface area contributed by atoms with E-state index in [1.54, 1.807) is 24.3 Å². The van der Waals surface area contributed by atoms with Crippen LogP contribution in [0.4, 0.5) is 10.5 Å². The summed E-state index contributed by atoms with van der Waals surface area (Å²) >= 11 is 0. The highest BCUT2D eigenvalue weighted by atomic mass is 32.2. The smallest absolute Gasteiger partial charge is 0.317 e. The van der Waals surface area contributed by atoms with Crippen LogP contribution >= 0.6 is 0 Å². The minimum Gasteiger partial charge on any atom is -0.457 e. The lowest BCUT2D eigenvalue weighted by molar-refractivity contribution is 0.120. The molecular weight excluding hydrogens is 440 g/mol. The number of nitrogens with one attached hydrogen (secondary N) is 2. The summed E-state index contributed by atoms with van der Waals surface area (Å²) in [5.74, 6) is 1.36. The molecular formula is C24H34N4O4S. The van der Waals surface area contributed by atoms with Gasteiger partial charge >= 0.3 is 6.03 Å². The van der Waals surface area contributed by atoms with Crippen molar-refractivity contribution in [3.8, 4) is 11.5 Å². The maximum Gasteiger partial charge on any atom is 0.317 e. The second-order valence-corrected chi connectivity index (χ2v) is 10.0. The van der Waals surface area contributed by atoms with E-state index in [-0.39, 0.29) is 6.03 Å². The van der Waals surface area contributed by atoms with Gasteiger partial charge in [-0.3, -0.25) is 9.62 Å². The monoisotopic (exact) mass is 474 g/mol. The molecule has 0 radical (unpaired) electrons. The Morgan fingerprint density at radius 3 is 2.12 bits per heavy atom. The van der Waals surface area contributed by atoms with Crippen LogP contribution in [0.3, 0.4) is 0 Å². The van der Waals surface area contributed by atoms with Gasteiger partial charge in [-0.25, -0.2) is 13.2 Å². The second-order valence-electron chi connectivity index (χ2n) is 8.27. The molecule has 0 atom stereocenters. The van der Waals surface area contributed by atoms with Gasteiger partial charge in [0.15, 0.2) is 0 Å². The fourth-order valence-electron chi connectivity index (χ4n) is 4.07. The number of urea groups is 1. The molecule has 0 unspecified atom stereocenters. The van der Waals surface area contributed by atoms with Crippen LogP contribution in [0, 0.1) is 0 Å². The van der Waals surface area contributed by atoms with Crippen LogP contribution in [0.25, 0.3) is 0 Å². The van der Waals surface area contributed by atoms with Crippen LogP contribution in [0.2, 0.25) is 0 Å². The Kier molecular flexibility index (Phi) is 8.57. The van der Waals surface area contributed by atoms with E-state index in [0.29, 0.717) is 24.0 Å². The van der Waals surface area contributed by atoms with E-state index in [1.807, 2.05) is 30.9 Å². The van der Waals surface area contributed by atoms with E-state index in [2.05, 4.69) is 27.1 Å². The third kappa shape index (κ3) is 7.64. The number of hydrogen-bond donors (Lipinski definition) is 2. The lowest BCUT2D eigenvalue weighted by atomic mass is 10.0.